The molecule has 0 saturated carbocycles. The highest BCUT2D eigenvalue weighted by molar-refractivity contribution is 5.24. The first-order valence-electron chi connectivity index (χ1n) is 4.16. The first-order chi connectivity index (χ1) is 5.67. The van der Waals surface area contributed by atoms with Crippen LogP contribution < -0.4 is 0 Å². The van der Waals surface area contributed by atoms with E-state index < -0.39 is 0 Å². The van der Waals surface area contributed by atoms with Crippen molar-refractivity contribution in [1.82, 2.24) is 0 Å². The molecule has 0 heteroatoms. The summed E-state index contributed by atoms with van der Waals surface area (Å²) in [7, 11) is 0. The Morgan fingerprint density at radius 3 is 2.33 bits per heavy atom. The minimum Gasteiger partial charge on any atom is -0.120 e. The zero-order chi connectivity index (χ0) is 9.03. The van der Waals surface area contributed by atoms with E-state index in [1.54, 1.807) is 0 Å². The van der Waals surface area contributed by atoms with Crippen molar-refractivity contribution in [1.29, 1.82) is 0 Å². The normalized spacial score (nSPS) is 10.8. The van der Waals surface area contributed by atoms with Gasteiger partial charge in [-0.05, 0) is 5.56 Å². The first kappa shape index (κ1) is 8.87. The van der Waals surface area contributed by atoms with Gasteiger partial charge in [0.05, 0.1) is 0 Å². The lowest BCUT2D eigenvalue weighted by atomic mass is 9.82. The van der Waals surface area contributed by atoms with Crippen molar-refractivity contribution < 1.29 is 0 Å². The predicted octanol–water partition coefficient (Wildman–Crippen LogP) is 2.99. The van der Waals surface area contributed by atoms with Crippen molar-refractivity contribution in [3.63, 3.8) is 0 Å². The summed E-state index contributed by atoms with van der Waals surface area (Å²) >= 11 is 0. The van der Waals surface area contributed by atoms with Gasteiger partial charge in [-0.25, -0.2) is 0 Å². The van der Waals surface area contributed by atoms with Gasteiger partial charge in [0.15, 0.2) is 0 Å². The second-order valence-corrected chi connectivity index (χ2v) is 3.63. The predicted molar refractivity (Wildman–Crippen MR) is 52.9 cm³/mol. The number of terminal acetylenes is 1. The molecule has 62 valence electrons. The van der Waals surface area contributed by atoms with Crippen LogP contribution in [0.3, 0.4) is 0 Å². The summed E-state index contributed by atoms with van der Waals surface area (Å²) < 4.78 is 0. The second kappa shape index (κ2) is 3.45. The lowest BCUT2D eigenvalue weighted by molar-refractivity contribution is 0.543. The van der Waals surface area contributed by atoms with E-state index in [1.165, 1.54) is 5.56 Å². The molecule has 0 bridgehead atoms. The topological polar surface area (TPSA) is 0 Å². The Hall–Kier alpha value is -1.22. The molecule has 1 rings (SSSR count). The summed E-state index contributed by atoms with van der Waals surface area (Å²) in [6, 6.07) is 10.4. The number of hydrogen-bond acceptors (Lipinski definition) is 0. The fourth-order valence-corrected chi connectivity index (χ4v) is 1.25. The molecule has 0 radical (unpaired) electrons. The maximum atomic E-state index is 5.30. The Labute approximate surface area is 74.6 Å². The van der Waals surface area contributed by atoms with Crippen LogP contribution in [0, 0.1) is 12.3 Å². The number of benzene rings is 1. The molecule has 1 aromatic carbocycles. The summed E-state index contributed by atoms with van der Waals surface area (Å²) in [4.78, 5) is 0. The maximum absolute atomic E-state index is 5.30. The smallest absolute Gasteiger partial charge is 0.0178 e. The fraction of sp³-hybridized carbons (Fsp3) is 0.333. The molecule has 0 heterocycles. The molecule has 0 aliphatic heterocycles. The van der Waals surface area contributed by atoms with Crippen molar-refractivity contribution >= 4 is 0 Å². The van der Waals surface area contributed by atoms with Gasteiger partial charge in [0.25, 0.3) is 0 Å². The van der Waals surface area contributed by atoms with Gasteiger partial charge in [-0.3, -0.25) is 0 Å². The zero-order valence-electron chi connectivity index (χ0n) is 7.67. The highest BCUT2D eigenvalue weighted by Crippen LogP contribution is 2.25. The van der Waals surface area contributed by atoms with Crippen molar-refractivity contribution in [2.24, 2.45) is 0 Å². The van der Waals surface area contributed by atoms with Gasteiger partial charge in [-0.2, -0.15) is 0 Å². The third-order valence-electron chi connectivity index (χ3n) is 2.10. The minimum atomic E-state index is 0.107. The van der Waals surface area contributed by atoms with Gasteiger partial charge in [0.1, 0.15) is 0 Å². The van der Waals surface area contributed by atoms with Gasteiger partial charge < -0.3 is 0 Å². The molecule has 0 saturated heterocycles. The van der Waals surface area contributed by atoms with E-state index in [4.69, 9.17) is 6.42 Å². The highest BCUT2D eigenvalue weighted by Gasteiger charge is 2.17. The molecule has 0 aromatic heterocycles. The van der Waals surface area contributed by atoms with Crippen LogP contribution in [0.25, 0.3) is 0 Å². The molecule has 1 aromatic rings. The fourth-order valence-electron chi connectivity index (χ4n) is 1.25. The molecule has 0 atom stereocenters. The zero-order valence-corrected chi connectivity index (χ0v) is 7.67. The third-order valence-corrected chi connectivity index (χ3v) is 2.10. The third kappa shape index (κ3) is 1.89. The lowest BCUT2D eigenvalue weighted by Gasteiger charge is -2.22. The first-order valence-corrected chi connectivity index (χ1v) is 4.16. The summed E-state index contributed by atoms with van der Waals surface area (Å²) in [6.45, 7) is 4.34. The van der Waals surface area contributed by atoms with Gasteiger partial charge in [-0.1, -0.05) is 44.2 Å². The molecule has 0 fully saturated rings. The van der Waals surface area contributed by atoms with Crippen LogP contribution >= 0.6 is 0 Å². The Kier molecular flexibility index (Phi) is 2.55. The SMILES string of the molecule is C#CCC(C)(C)c1ccccc1. The van der Waals surface area contributed by atoms with Crippen LogP contribution in [-0.4, -0.2) is 0 Å². The molecule has 12 heavy (non-hydrogen) atoms. The summed E-state index contributed by atoms with van der Waals surface area (Å²) in [6.07, 6.45) is 6.09. The van der Waals surface area contributed by atoms with Crippen LogP contribution in [0.5, 0.6) is 0 Å². The van der Waals surface area contributed by atoms with E-state index in [9.17, 15) is 0 Å². The Balaban J connectivity index is 2.91. The summed E-state index contributed by atoms with van der Waals surface area (Å²) in [5.74, 6) is 2.71. The molecular formula is C12H14. The molecule has 0 aliphatic rings. The van der Waals surface area contributed by atoms with E-state index >= 15 is 0 Å². The van der Waals surface area contributed by atoms with E-state index in [2.05, 4.69) is 31.9 Å². The molecular weight excluding hydrogens is 144 g/mol. The van der Waals surface area contributed by atoms with Crippen LogP contribution in [0.4, 0.5) is 0 Å². The Morgan fingerprint density at radius 2 is 1.83 bits per heavy atom. The van der Waals surface area contributed by atoms with Gasteiger partial charge >= 0.3 is 0 Å². The molecule has 0 unspecified atom stereocenters. The van der Waals surface area contributed by atoms with Gasteiger partial charge in [-0.15, -0.1) is 12.3 Å². The van der Waals surface area contributed by atoms with E-state index in [0.29, 0.717) is 0 Å². The van der Waals surface area contributed by atoms with E-state index in [-0.39, 0.29) is 5.41 Å². The number of rotatable bonds is 2. The molecule has 0 nitrogen and oxygen atoms in total. The van der Waals surface area contributed by atoms with Crippen molar-refractivity contribution in [3.8, 4) is 12.3 Å². The molecule has 0 aliphatic carbocycles. The highest BCUT2D eigenvalue weighted by atomic mass is 14.2. The largest absolute Gasteiger partial charge is 0.120 e. The monoisotopic (exact) mass is 158 g/mol. The van der Waals surface area contributed by atoms with Gasteiger partial charge in [0, 0.05) is 11.8 Å². The standard InChI is InChI=1S/C12H14/c1-4-10-12(2,3)11-8-6-5-7-9-11/h1,5-9H,10H2,2-3H3. The van der Waals surface area contributed by atoms with Crippen molar-refractivity contribution in [2.75, 3.05) is 0 Å². The van der Waals surface area contributed by atoms with Crippen molar-refractivity contribution in [3.05, 3.63) is 35.9 Å². The molecule has 0 spiro atoms. The maximum Gasteiger partial charge on any atom is 0.0178 e. The lowest BCUT2D eigenvalue weighted by Crippen LogP contribution is -2.15. The van der Waals surface area contributed by atoms with Crippen LogP contribution in [0.1, 0.15) is 25.8 Å². The van der Waals surface area contributed by atoms with Crippen LogP contribution in [-0.2, 0) is 5.41 Å². The van der Waals surface area contributed by atoms with E-state index in [0.717, 1.165) is 6.42 Å². The summed E-state index contributed by atoms with van der Waals surface area (Å²) in [5.41, 5.74) is 1.42. The van der Waals surface area contributed by atoms with E-state index in [1.807, 2.05) is 18.2 Å². The van der Waals surface area contributed by atoms with Crippen LogP contribution in [0.2, 0.25) is 0 Å². The molecule has 0 N–H and O–H groups in total. The quantitative estimate of drug-likeness (QED) is 0.580. The number of hydrogen-bond donors (Lipinski definition) is 0. The second-order valence-electron chi connectivity index (χ2n) is 3.63. The van der Waals surface area contributed by atoms with Crippen molar-refractivity contribution in [2.45, 2.75) is 25.7 Å². The van der Waals surface area contributed by atoms with Crippen LogP contribution in [0.15, 0.2) is 30.3 Å². The minimum absolute atomic E-state index is 0.107. The van der Waals surface area contributed by atoms with Gasteiger partial charge in [0.2, 0.25) is 0 Å². The summed E-state index contributed by atoms with van der Waals surface area (Å²) in [5, 5.41) is 0. The average Bonchev–Trinajstić information content (AvgIpc) is 2.06. The average molecular weight is 158 g/mol. The molecule has 0 amide bonds. The Morgan fingerprint density at radius 1 is 1.25 bits per heavy atom. The Bertz CT molecular complexity index is 275.